The Kier molecular flexibility index (Phi) is 7.13. The zero-order valence-corrected chi connectivity index (χ0v) is 20.0. The molecule has 3 aromatic rings. The van der Waals surface area contributed by atoms with E-state index in [9.17, 15) is 13.2 Å². The fraction of sp³-hybridized carbons (Fsp3) is 0.318. The Balaban J connectivity index is 1.44. The SMILES string of the molecule is Cc1ccc(NC(=O)C(C)Sc2ncn(-c3ccccc3)n2)cc1S(=O)(=O)N1CCOCC1. The number of ether oxygens (including phenoxy) is 1. The predicted molar refractivity (Wildman–Crippen MR) is 126 cm³/mol. The summed E-state index contributed by atoms with van der Waals surface area (Å²) >= 11 is 1.23. The van der Waals surface area contributed by atoms with Gasteiger partial charge in [-0.15, -0.1) is 5.10 Å². The van der Waals surface area contributed by atoms with Gasteiger partial charge in [0, 0.05) is 18.8 Å². The fourth-order valence-corrected chi connectivity index (χ4v) is 5.73. The molecule has 1 aliphatic rings. The summed E-state index contributed by atoms with van der Waals surface area (Å²) < 4.78 is 34.5. The van der Waals surface area contributed by atoms with E-state index in [0.717, 1.165) is 5.69 Å². The summed E-state index contributed by atoms with van der Waals surface area (Å²) in [6, 6.07) is 14.5. The van der Waals surface area contributed by atoms with Crippen LogP contribution >= 0.6 is 11.8 Å². The van der Waals surface area contributed by atoms with Crippen molar-refractivity contribution in [3.05, 3.63) is 60.4 Å². The van der Waals surface area contributed by atoms with Crippen molar-refractivity contribution in [3.63, 3.8) is 0 Å². The van der Waals surface area contributed by atoms with Gasteiger partial charge in [0.15, 0.2) is 0 Å². The number of morpholine rings is 1. The first kappa shape index (κ1) is 23.4. The minimum atomic E-state index is -3.67. The van der Waals surface area contributed by atoms with Gasteiger partial charge in [0.2, 0.25) is 21.1 Å². The first-order valence-electron chi connectivity index (χ1n) is 10.5. The molecule has 11 heteroatoms. The topological polar surface area (TPSA) is 106 Å². The molecule has 0 radical (unpaired) electrons. The summed E-state index contributed by atoms with van der Waals surface area (Å²) in [4.78, 5) is 17.2. The molecule has 1 amide bonds. The lowest BCUT2D eigenvalue weighted by atomic mass is 10.2. The molecule has 2 heterocycles. The molecule has 1 fully saturated rings. The smallest absolute Gasteiger partial charge is 0.243 e. The molecule has 0 spiro atoms. The zero-order chi connectivity index (χ0) is 23.4. The Morgan fingerprint density at radius 1 is 1.15 bits per heavy atom. The molecule has 1 atom stereocenters. The maximum absolute atomic E-state index is 13.1. The van der Waals surface area contributed by atoms with E-state index >= 15 is 0 Å². The van der Waals surface area contributed by atoms with Crippen molar-refractivity contribution >= 4 is 33.4 Å². The molecule has 0 aliphatic carbocycles. The van der Waals surface area contributed by atoms with E-state index in [0.29, 0.717) is 42.7 Å². The van der Waals surface area contributed by atoms with Crippen LogP contribution in [0.25, 0.3) is 5.69 Å². The minimum Gasteiger partial charge on any atom is -0.379 e. The molecule has 9 nitrogen and oxygen atoms in total. The van der Waals surface area contributed by atoms with E-state index in [-0.39, 0.29) is 10.8 Å². The Hall–Kier alpha value is -2.73. The lowest BCUT2D eigenvalue weighted by Crippen LogP contribution is -2.40. The number of thioether (sulfide) groups is 1. The second kappa shape index (κ2) is 10.0. The molecule has 4 rings (SSSR count). The number of hydrogen-bond acceptors (Lipinski definition) is 7. The lowest BCUT2D eigenvalue weighted by molar-refractivity contribution is -0.115. The van der Waals surface area contributed by atoms with Gasteiger partial charge in [-0.25, -0.2) is 18.1 Å². The molecule has 1 aromatic heterocycles. The second-order valence-corrected chi connectivity index (χ2v) is 10.8. The lowest BCUT2D eigenvalue weighted by Gasteiger charge is -2.27. The van der Waals surface area contributed by atoms with E-state index in [2.05, 4.69) is 15.4 Å². The third-order valence-corrected chi connectivity index (χ3v) is 8.19. The average Bonchev–Trinajstić information content (AvgIpc) is 3.30. The van der Waals surface area contributed by atoms with Gasteiger partial charge in [-0.1, -0.05) is 36.0 Å². The van der Waals surface area contributed by atoms with Crippen molar-refractivity contribution in [1.29, 1.82) is 0 Å². The minimum absolute atomic E-state index is 0.186. The van der Waals surface area contributed by atoms with Gasteiger partial charge in [-0.3, -0.25) is 4.79 Å². The van der Waals surface area contributed by atoms with Crippen molar-refractivity contribution in [2.45, 2.75) is 29.1 Å². The molecule has 0 saturated carbocycles. The van der Waals surface area contributed by atoms with Crippen LogP contribution in [0, 0.1) is 6.92 Å². The van der Waals surface area contributed by atoms with Gasteiger partial charge in [-0.05, 0) is 43.7 Å². The van der Waals surface area contributed by atoms with Crippen molar-refractivity contribution in [2.24, 2.45) is 0 Å². The van der Waals surface area contributed by atoms with E-state index < -0.39 is 15.3 Å². The van der Waals surface area contributed by atoms with Crippen LogP contribution in [-0.2, 0) is 19.6 Å². The predicted octanol–water partition coefficient (Wildman–Crippen LogP) is 2.72. The highest BCUT2D eigenvalue weighted by Crippen LogP contribution is 2.26. The number of aryl methyl sites for hydroxylation is 1. The average molecular weight is 488 g/mol. The van der Waals surface area contributed by atoms with Crippen molar-refractivity contribution in [1.82, 2.24) is 19.1 Å². The second-order valence-electron chi connectivity index (χ2n) is 7.55. The van der Waals surface area contributed by atoms with Crippen LogP contribution in [0.15, 0.2) is 64.9 Å². The van der Waals surface area contributed by atoms with Crippen LogP contribution in [0.2, 0.25) is 0 Å². The Morgan fingerprint density at radius 2 is 1.88 bits per heavy atom. The molecular weight excluding hydrogens is 462 g/mol. The molecule has 1 saturated heterocycles. The van der Waals surface area contributed by atoms with Gasteiger partial charge in [0.25, 0.3) is 0 Å². The molecule has 174 valence electrons. The number of carbonyl (C=O) groups is 1. The highest BCUT2D eigenvalue weighted by atomic mass is 32.2. The number of hydrogen-bond donors (Lipinski definition) is 1. The van der Waals surface area contributed by atoms with Gasteiger partial charge in [0.1, 0.15) is 6.33 Å². The van der Waals surface area contributed by atoms with E-state index in [1.165, 1.54) is 22.1 Å². The number of nitrogens with zero attached hydrogens (tertiary/aromatic N) is 4. The Morgan fingerprint density at radius 3 is 2.61 bits per heavy atom. The fourth-order valence-electron chi connectivity index (χ4n) is 3.34. The standard InChI is InChI=1S/C22H25N5O4S2/c1-16-8-9-18(14-20(16)33(29,30)26-10-12-31-13-11-26)24-21(28)17(2)32-22-23-15-27(25-22)19-6-4-3-5-7-19/h3-9,14-15,17H,10-13H2,1-2H3,(H,24,28). The van der Waals surface area contributed by atoms with Gasteiger partial charge in [0.05, 0.1) is 29.0 Å². The number of rotatable bonds is 7. The van der Waals surface area contributed by atoms with Gasteiger partial charge < -0.3 is 10.1 Å². The number of sulfonamides is 1. The number of carbonyl (C=O) groups excluding carboxylic acids is 1. The van der Waals surface area contributed by atoms with Crippen molar-refractivity contribution < 1.29 is 17.9 Å². The normalized spacial score (nSPS) is 15.8. The Labute approximate surface area is 197 Å². The molecule has 2 aromatic carbocycles. The van der Waals surface area contributed by atoms with E-state index in [4.69, 9.17) is 4.74 Å². The Bertz CT molecular complexity index is 1220. The molecule has 0 bridgehead atoms. The highest BCUT2D eigenvalue weighted by molar-refractivity contribution is 8.00. The largest absolute Gasteiger partial charge is 0.379 e. The molecule has 1 aliphatic heterocycles. The maximum atomic E-state index is 13.1. The monoisotopic (exact) mass is 487 g/mol. The number of nitrogens with one attached hydrogen (secondary N) is 1. The van der Waals surface area contributed by atoms with Crippen LogP contribution in [0.3, 0.4) is 0 Å². The number of anilines is 1. The van der Waals surface area contributed by atoms with Crippen molar-refractivity contribution in [3.8, 4) is 5.69 Å². The first-order chi connectivity index (χ1) is 15.8. The first-order valence-corrected chi connectivity index (χ1v) is 12.8. The zero-order valence-electron chi connectivity index (χ0n) is 18.3. The van der Waals surface area contributed by atoms with Crippen LogP contribution in [-0.4, -0.2) is 64.9 Å². The van der Waals surface area contributed by atoms with E-state index in [1.54, 1.807) is 37.0 Å². The number of aromatic nitrogens is 3. The van der Waals surface area contributed by atoms with Gasteiger partial charge in [-0.2, -0.15) is 4.31 Å². The summed E-state index contributed by atoms with van der Waals surface area (Å²) in [7, 11) is -3.67. The van der Waals surface area contributed by atoms with Crippen LogP contribution < -0.4 is 5.32 Å². The number of benzene rings is 2. The third-order valence-electron chi connectivity index (χ3n) is 5.19. The number of amides is 1. The maximum Gasteiger partial charge on any atom is 0.243 e. The summed E-state index contributed by atoms with van der Waals surface area (Å²) in [5.74, 6) is -0.269. The quantitative estimate of drug-likeness (QED) is 0.511. The molecule has 33 heavy (non-hydrogen) atoms. The number of para-hydroxylation sites is 1. The van der Waals surface area contributed by atoms with Crippen LogP contribution in [0.1, 0.15) is 12.5 Å². The summed E-state index contributed by atoms with van der Waals surface area (Å²) in [6.07, 6.45) is 1.60. The van der Waals surface area contributed by atoms with Crippen LogP contribution in [0.5, 0.6) is 0 Å². The summed E-state index contributed by atoms with van der Waals surface area (Å²) in [5, 5.41) is 7.21. The summed E-state index contributed by atoms with van der Waals surface area (Å²) in [5.41, 5.74) is 1.92. The summed E-state index contributed by atoms with van der Waals surface area (Å²) in [6.45, 7) is 4.87. The van der Waals surface area contributed by atoms with Gasteiger partial charge >= 0.3 is 0 Å². The van der Waals surface area contributed by atoms with Crippen molar-refractivity contribution in [2.75, 3.05) is 31.6 Å². The molecular formula is C22H25N5O4S2. The van der Waals surface area contributed by atoms with E-state index in [1.807, 2.05) is 30.3 Å². The molecule has 1 N–H and O–H groups in total. The molecule has 1 unspecified atom stereocenters. The highest BCUT2D eigenvalue weighted by Gasteiger charge is 2.28. The third kappa shape index (κ3) is 5.44. The van der Waals surface area contributed by atoms with Crippen LogP contribution in [0.4, 0.5) is 5.69 Å².